The van der Waals surface area contributed by atoms with E-state index in [1.165, 1.54) is 28.5 Å². The summed E-state index contributed by atoms with van der Waals surface area (Å²) in [6.07, 6.45) is 3.60. The van der Waals surface area contributed by atoms with E-state index < -0.39 is 11.8 Å². The van der Waals surface area contributed by atoms with Crippen molar-refractivity contribution in [3.63, 3.8) is 0 Å². The quantitative estimate of drug-likeness (QED) is 0.419. The van der Waals surface area contributed by atoms with Gasteiger partial charge < -0.3 is 5.32 Å². The van der Waals surface area contributed by atoms with Crippen LogP contribution in [0, 0.1) is 5.82 Å². The van der Waals surface area contributed by atoms with Crippen LogP contribution in [0.5, 0.6) is 0 Å². The molecule has 0 radical (unpaired) electrons. The molecule has 2 heterocycles. The van der Waals surface area contributed by atoms with E-state index in [1.54, 1.807) is 24.4 Å². The second-order valence-corrected chi connectivity index (χ2v) is 8.44. The fourth-order valence-corrected chi connectivity index (χ4v) is 4.47. The molecule has 1 fully saturated rings. The summed E-state index contributed by atoms with van der Waals surface area (Å²) in [5.74, 6) is 0.241. The van der Waals surface area contributed by atoms with Gasteiger partial charge in [-0.25, -0.2) is 13.9 Å². The molecule has 168 valence electrons. The molecule has 3 aromatic carbocycles. The van der Waals surface area contributed by atoms with Crippen molar-refractivity contribution in [2.75, 3.05) is 23.7 Å². The molecule has 1 aromatic heterocycles. The van der Waals surface area contributed by atoms with Crippen LogP contribution in [0.1, 0.15) is 24.4 Å². The Morgan fingerprint density at radius 3 is 2.58 bits per heavy atom. The summed E-state index contributed by atoms with van der Waals surface area (Å²) in [4.78, 5) is 14.8. The van der Waals surface area contributed by atoms with Crippen LogP contribution in [-0.4, -0.2) is 33.8 Å². The Labute approximate surface area is 192 Å². The molecule has 1 aliphatic heterocycles. The van der Waals surface area contributed by atoms with Gasteiger partial charge in [-0.15, -0.1) is 0 Å². The van der Waals surface area contributed by atoms with Gasteiger partial charge in [-0.2, -0.15) is 5.10 Å². The van der Waals surface area contributed by atoms with Gasteiger partial charge in [0.1, 0.15) is 11.6 Å². The third-order valence-electron chi connectivity index (χ3n) is 6.12. The van der Waals surface area contributed by atoms with E-state index >= 15 is 0 Å². The number of nitrogens with one attached hydrogen (secondary N) is 2. The van der Waals surface area contributed by atoms with E-state index in [9.17, 15) is 9.18 Å². The minimum absolute atomic E-state index is 0.220. The monoisotopic (exact) mass is 443 g/mol. The third-order valence-corrected chi connectivity index (χ3v) is 6.12. The maximum atomic E-state index is 13.4. The lowest BCUT2D eigenvalue weighted by Gasteiger charge is -2.32. The summed E-state index contributed by atoms with van der Waals surface area (Å²) >= 11 is 0. The average Bonchev–Trinajstić information content (AvgIpc) is 3.27. The minimum atomic E-state index is -0.420. The topological polar surface area (TPSA) is 62.2 Å². The Bertz CT molecular complexity index is 1260. The van der Waals surface area contributed by atoms with Crippen molar-refractivity contribution in [1.82, 2.24) is 14.7 Å². The van der Waals surface area contributed by atoms with Gasteiger partial charge in [0, 0.05) is 31.4 Å². The molecule has 6 nitrogen and oxygen atoms in total. The molecule has 0 unspecified atom stereocenters. The van der Waals surface area contributed by atoms with Crippen molar-refractivity contribution in [3.05, 3.63) is 90.4 Å². The second-order valence-electron chi connectivity index (χ2n) is 8.44. The first-order valence-electron chi connectivity index (χ1n) is 11.2. The number of amides is 2. The number of nitrogens with zero attached hydrogens (tertiary/aromatic N) is 3. The molecule has 2 N–H and O–H groups in total. The summed E-state index contributed by atoms with van der Waals surface area (Å²) in [5, 5.41) is 12.5. The first kappa shape index (κ1) is 21.2. The molecule has 33 heavy (non-hydrogen) atoms. The number of anilines is 2. The van der Waals surface area contributed by atoms with E-state index in [1.807, 2.05) is 4.68 Å². The van der Waals surface area contributed by atoms with E-state index in [2.05, 4.69) is 63.1 Å². The summed E-state index contributed by atoms with van der Waals surface area (Å²) in [6.45, 7) is 2.86. The van der Waals surface area contributed by atoms with Crippen molar-refractivity contribution in [2.24, 2.45) is 0 Å². The molecule has 0 bridgehead atoms. The van der Waals surface area contributed by atoms with Crippen LogP contribution < -0.4 is 10.6 Å². The van der Waals surface area contributed by atoms with Gasteiger partial charge in [0.25, 0.3) is 0 Å². The molecule has 0 spiro atoms. The van der Waals surface area contributed by atoms with Gasteiger partial charge in [0.05, 0.1) is 12.2 Å². The Kier molecular flexibility index (Phi) is 6.04. The predicted octanol–water partition coefficient (Wildman–Crippen LogP) is 5.66. The van der Waals surface area contributed by atoms with Gasteiger partial charge >= 0.3 is 6.03 Å². The number of urea groups is 1. The lowest BCUT2D eigenvalue weighted by Crippen LogP contribution is -2.35. The molecule has 4 aromatic rings. The van der Waals surface area contributed by atoms with E-state index in [4.69, 9.17) is 0 Å². The number of fused-ring (bicyclic) bond motifs is 1. The lowest BCUT2D eigenvalue weighted by atomic mass is 10.0. The standard InChI is InChI=1S/C26H26FN5O/c27-22-6-3-7-23(17-22)29-26(33)30-25-10-13-28-32(25)24-11-14-31(15-12-24)18-19-8-9-20-4-1-2-5-21(20)16-19/h1-10,13,16-17,24H,11-12,14-15,18H2,(H2,29,30,33). The normalized spacial score (nSPS) is 14.9. The molecule has 0 atom stereocenters. The highest BCUT2D eigenvalue weighted by Crippen LogP contribution is 2.27. The molecule has 5 rings (SSSR count). The number of halogens is 1. The van der Waals surface area contributed by atoms with E-state index in [0.717, 1.165) is 32.5 Å². The molecular formula is C26H26FN5O. The molecule has 1 saturated heterocycles. The maximum Gasteiger partial charge on any atom is 0.324 e. The Balaban J connectivity index is 1.17. The van der Waals surface area contributed by atoms with Crippen LogP contribution in [0.2, 0.25) is 0 Å². The lowest BCUT2D eigenvalue weighted by molar-refractivity contribution is 0.174. The summed E-state index contributed by atoms with van der Waals surface area (Å²) in [7, 11) is 0. The Hall–Kier alpha value is -3.71. The van der Waals surface area contributed by atoms with Crippen LogP contribution in [0.3, 0.4) is 0 Å². The van der Waals surface area contributed by atoms with Crippen LogP contribution in [0.25, 0.3) is 10.8 Å². The number of piperidine rings is 1. The van der Waals surface area contributed by atoms with Crippen molar-refractivity contribution >= 4 is 28.3 Å². The maximum absolute atomic E-state index is 13.4. The molecular weight excluding hydrogens is 417 g/mol. The number of carbonyl (C=O) groups is 1. The van der Waals surface area contributed by atoms with Crippen LogP contribution in [0.4, 0.5) is 20.7 Å². The second kappa shape index (κ2) is 9.42. The highest BCUT2D eigenvalue weighted by atomic mass is 19.1. The van der Waals surface area contributed by atoms with Crippen LogP contribution >= 0.6 is 0 Å². The summed E-state index contributed by atoms with van der Waals surface area (Å²) in [6, 6.07) is 22.5. The molecule has 7 heteroatoms. The van der Waals surface area contributed by atoms with Gasteiger partial charge in [-0.1, -0.05) is 42.5 Å². The van der Waals surface area contributed by atoms with Crippen molar-refractivity contribution in [1.29, 1.82) is 0 Å². The first-order chi connectivity index (χ1) is 16.1. The van der Waals surface area contributed by atoms with Crippen LogP contribution in [-0.2, 0) is 6.54 Å². The SMILES string of the molecule is O=C(Nc1cccc(F)c1)Nc1ccnn1C1CCN(Cc2ccc3ccccc3c2)CC1. The first-order valence-corrected chi connectivity index (χ1v) is 11.2. The fourth-order valence-electron chi connectivity index (χ4n) is 4.47. The smallest absolute Gasteiger partial charge is 0.308 e. The number of hydrogen-bond donors (Lipinski definition) is 2. The number of likely N-dealkylation sites (tertiary alicyclic amines) is 1. The van der Waals surface area contributed by atoms with Crippen LogP contribution in [0.15, 0.2) is 79.0 Å². The summed E-state index contributed by atoms with van der Waals surface area (Å²) < 4.78 is 15.2. The van der Waals surface area contributed by atoms with Crippen molar-refractivity contribution in [2.45, 2.75) is 25.4 Å². The number of hydrogen-bond acceptors (Lipinski definition) is 3. The van der Waals surface area contributed by atoms with Crippen molar-refractivity contribution in [3.8, 4) is 0 Å². The highest BCUT2D eigenvalue weighted by Gasteiger charge is 2.23. The third kappa shape index (κ3) is 5.04. The predicted molar refractivity (Wildman–Crippen MR) is 129 cm³/mol. The molecule has 2 amide bonds. The zero-order valence-corrected chi connectivity index (χ0v) is 18.2. The Morgan fingerprint density at radius 1 is 0.939 bits per heavy atom. The van der Waals surface area contributed by atoms with Gasteiger partial charge in [0.2, 0.25) is 0 Å². The zero-order valence-electron chi connectivity index (χ0n) is 18.2. The van der Waals surface area contributed by atoms with Gasteiger partial charge in [-0.3, -0.25) is 10.2 Å². The number of carbonyl (C=O) groups excluding carboxylic acids is 1. The fraction of sp³-hybridized carbons (Fsp3) is 0.231. The number of aromatic nitrogens is 2. The number of benzene rings is 3. The van der Waals surface area contributed by atoms with Crippen molar-refractivity contribution < 1.29 is 9.18 Å². The van der Waals surface area contributed by atoms with E-state index in [0.29, 0.717) is 11.5 Å². The summed E-state index contributed by atoms with van der Waals surface area (Å²) in [5.41, 5.74) is 1.73. The largest absolute Gasteiger partial charge is 0.324 e. The van der Waals surface area contributed by atoms with Gasteiger partial charge in [-0.05, 0) is 53.4 Å². The van der Waals surface area contributed by atoms with Gasteiger partial charge in [0.15, 0.2) is 0 Å². The average molecular weight is 444 g/mol. The number of rotatable bonds is 5. The van der Waals surface area contributed by atoms with E-state index in [-0.39, 0.29) is 6.04 Å². The molecule has 0 aliphatic carbocycles. The molecule has 1 aliphatic rings. The molecule has 0 saturated carbocycles. The zero-order chi connectivity index (χ0) is 22.6. The minimum Gasteiger partial charge on any atom is -0.308 e. The highest BCUT2D eigenvalue weighted by molar-refractivity contribution is 5.99. The Morgan fingerprint density at radius 2 is 1.76 bits per heavy atom.